The summed E-state index contributed by atoms with van der Waals surface area (Å²) in [6.45, 7) is 7.08. The second-order valence-electron chi connectivity index (χ2n) is 6.30. The van der Waals surface area contributed by atoms with Crippen molar-refractivity contribution in [3.05, 3.63) is 76.0 Å². The molecule has 6 nitrogen and oxygen atoms in total. The number of para-hydroxylation sites is 1. The quantitative estimate of drug-likeness (QED) is 0.477. The van der Waals surface area contributed by atoms with Gasteiger partial charge in [-0.3, -0.25) is 0 Å². The van der Waals surface area contributed by atoms with Crippen LogP contribution in [0.3, 0.4) is 0 Å². The van der Waals surface area contributed by atoms with E-state index < -0.39 is 11.9 Å². The molecular weight excluding hydrogens is 378 g/mol. The summed E-state index contributed by atoms with van der Waals surface area (Å²) in [5.41, 5.74) is 8.35. The van der Waals surface area contributed by atoms with Gasteiger partial charge in [0.2, 0.25) is 5.88 Å². The van der Waals surface area contributed by atoms with Crippen LogP contribution in [-0.2, 0) is 14.3 Å². The molecule has 142 valence electrons. The van der Waals surface area contributed by atoms with Crippen molar-refractivity contribution in [1.29, 1.82) is 5.26 Å². The SMILES string of the molecule is C=CCOC(=O)C1=C(C)OC(N)=C(C#N)C1c1cc2cccc(C)c2nc1Cl. The van der Waals surface area contributed by atoms with Gasteiger partial charge in [-0.2, -0.15) is 5.26 Å². The number of allylic oxidation sites excluding steroid dienone is 2. The van der Waals surface area contributed by atoms with E-state index >= 15 is 0 Å². The number of rotatable bonds is 4. The third-order valence-corrected chi connectivity index (χ3v) is 4.80. The lowest BCUT2D eigenvalue weighted by molar-refractivity contribution is -0.138. The first-order valence-corrected chi connectivity index (χ1v) is 8.89. The summed E-state index contributed by atoms with van der Waals surface area (Å²) < 4.78 is 10.6. The topological polar surface area (TPSA) is 98.2 Å². The first-order valence-electron chi connectivity index (χ1n) is 8.51. The monoisotopic (exact) mass is 395 g/mol. The van der Waals surface area contributed by atoms with E-state index in [0.717, 1.165) is 16.5 Å². The summed E-state index contributed by atoms with van der Waals surface area (Å²) in [4.78, 5) is 17.2. The van der Waals surface area contributed by atoms with E-state index in [0.29, 0.717) is 5.56 Å². The molecule has 0 spiro atoms. The normalized spacial score (nSPS) is 16.6. The number of aryl methyl sites for hydroxylation is 1. The van der Waals surface area contributed by atoms with Crippen LogP contribution in [0.4, 0.5) is 0 Å². The van der Waals surface area contributed by atoms with Gasteiger partial charge in [0.25, 0.3) is 0 Å². The molecule has 1 aliphatic heterocycles. The van der Waals surface area contributed by atoms with Crippen molar-refractivity contribution in [2.45, 2.75) is 19.8 Å². The molecule has 0 fully saturated rings. The molecule has 2 N–H and O–H groups in total. The third kappa shape index (κ3) is 3.32. The van der Waals surface area contributed by atoms with Gasteiger partial charge in [-0.1, -0.05) is 42.5 Å². The molecule has 1 aromatic heterocycles. The van der Waals surface area contributed by atoms with E-state index in [9.17, 15) is 10.1 Å². The Labute approximate surface area is 167 Å². The molecule has 28 heavy (non-hydrogen) atoms. The van der Waals surface area contributed by atoms with Gasteiger partial charge < -0.3 is 15.2 Å². The molecule has 0 bridgehead atoms. The van der Waals surface area contributed by atoms with Gasteiger partial charge in [-0.25, -0.2) is 9.78 Å². The van der Waals surface area contributed by atoms with Crippen LogP contribution in [0, 0.1) is 18.3 Å². The fourth-order valence-electron chi connectivity index (χ4n) is 3.21. The first kappa shape index (κ1) is 19.5. The van der Waals surface area contributed by atoms with Crippen LogP contribution in [0.5, 0.6) is 0 Å². The van der Waals surface area contributed by atoms with Crippen molar-refractivity contribution in [2.24, 2.45) is 5.73 Å². The number of ether oxygens (including phenoxy) is 2. The number of nitriles is 1. The zero-order valence-corrected chi connectivity index (χ0v) is 16.2. The predicted molar refractivity (Wildman–Crippen MR) is 106 cm³/mol. The Morgan fingerprint density at radius 3 is 2.93 bits per heavy atom. The lowest BCUT2D eigenvalue weighted by atomic mass is 9.83. The van der Waals surface area contributed by atoms with Crippen molar-refractivity contribution in [3.8, 4) is 6.07 Å². The number of aromatic nitrogens is 1. The fraction of sp³-hybridized carbons (Fsp3) is 0.190. The molecule has 0 aliphatic carbocycles. The van der Waals surface area contributed by atoms with Crippen LogP contribution in [0.1, 0.15) is 24.0 Å². The van der Waals surface area contributed by atoms with E-state index in [1.54, 1.807) is 6.92 Å². The van der Waals surface area contributed by atoms with Crippen LogP contribution in [0.15, 0.2) is 59.7 Å². The Hall–Kier alpha value is -3.30. The molecule has 3 rings (SSSR count). The first-order chi connectivity index (χ1) is 13.4. The molecule has 1 unspecified atom stereocenters. The Morgan fingerprint density at radius 2 is 2.25 bits per heavy atom. The van der Waals surface area contributed by atoms with Crippen molar-refractivity contribution in [3.63, 3.8) is 0 Å². The Morgan fingerprint density at radius 1 is 1.50 bits per heavy atom. The van der Waals surface area contributed by atoms with Gasteiger partial charge in [-0.15, -0.1) is 0 Å². The summed E-state index contributed by atoms with van der Waals surface area (Å²) in [5.74, 6) is -1.31. The Kier molecular flexibility index (Phi) is 5.39. The van der Waals surface area contributed by atoms with Gasteiger partial charge in [-0.05, 0) is 25.5 Å². The maximum absolute atomic E-state index is 12.7. The minimum atomic E-state index is -0.846. The standard InChI is InChI=1S/C21H18ClN3O3/c1-4-8-27-21(26)16-12(3)28-20(24)15(10-23)17(16)14-9-13-7-5-6-11(2)18(13)25-19(14)22/h4-7,9,17H,1,8,24H2,2-3H3. The summed E-state index contributed by atoms with van der Waals surface area (Å²) in [6.07, 6.45) is 1.45. The van der Waals surface area contributed by atoms with Gasteiger partial charge in [0.05, 0.1) is 17.0 Å². The average Bonchev–Trinajstić information content (AvgIpc) is 2.66. The Balaban J connectivity index is 2.24. The van der Waals surface area contributed by atoms with Crippen LogP contribution in [-0.4, -0.2) is 17.6 Å². The van der Waals surface area contributed by atoms with Crippen LogP contribution < -0.4 is 5.73 Å². The highest BCUT2D eigenvalue weighted by Crippen LogP contribution is 2.42. The molecule has 2 heterocycles. The van der Waals surface area contributed by atoms with Crippen molar-refractivity contribution < 1.29 is 14.3 Å². The van der Waals surface area contributed by atoms with E-state index in [4.69, 9.17) is 26.8 Å². The molecule has 0 saturated carbocycles. The Bertz CT molecular complexity index is 1100. The number of hydrogen-bond acceptors (Lipinski definition) is 6. The maximum Gasteiger partial charge on any atom is 0.338 e. The van der Waals surface area contributed by atoms with Crippen molar-refractivity contribution in [1.82, 2.24) is 4.98 Å². The molecule has 0 saturated heterocycles. The zero-order valence-electron chi connectivity index (χ0n) is 15.5. The number of carbonyl (C=O) groups is 1. The highest BCUT2D eigenvalue weighted by Gasteiger charge is 2.37. The second kappa shape index (κ2) is 7.75. The van der Waals surface area contributed by atoms with E-state index in [-0.39, 0.29) is 34.5 Å². The summed E-state index contributed by atoms with van der Waals surface area (Å²) in [7, 11) is 0. The molecule has 1 aliphatic rings. The van der Waals surface area contributed by atoms with Gasteiger partial charge >= 0.3 is 5.97 Å². The molecule has 0 amide bonds. The minimum Gasteiger partial charge on any atom is -0.458 e. The van der Waals surface area contributed by atoms with Crippen LogP contribution in [0.2, 0.25) is 5.15 Å². The number of hydrogen-bond donors (Lipinski definition) is 1. The highest BCUT2D eigenvalue weighted by molar-refractivity contribution is 6.31. The fourth-order valence-corrected chi connectivity index (χ4v) is 3.46. The number of nitrogens with zero attached hydrogens (tertiary/aromatic N) is 2. The smallest absolute Gasteiger partial charge is 0.338 e. The average molecular weight is 396 g/mol. The maximum atomic E-state index is 12.7. The van der Waals surface area contributed by atoms with E-state index in [1.807, 2.05) is 37.3 Å². The molecule has 2 aromatic rings. The molecule has 7 heteroatoms. The van der Waals surface area contributed by atoms with Crippen LogP contribution in [0.25, 0.3) is 10.9 Å². The predicted octanol–water partition coefficient (Wildman–Crippen LogP) is 4.01. The summed E-state index contributed by atoms with van der Waals surface area (Å²) >= 11 is 6.48. The number of esters is 1. The minimum absolute atomic E-state index is 0.0202. The number of benzene rings is 1. The largest absolute Gasteiger partial charge is 0.458 e. The van der Waals surface area contributed by atoms with Gasteiger partial charge in [0.15, 0.2) is 0 Å². The molecule has 0 radical (unpaired) electrons. The number of fused-ring (bicyclic) bond motifs is 1. The second-order valence-corrected chi connectivity index (χ2v) is 6.65. The van der Waals surface area contributed by atoms with E-state index in [2.05, 4.69) is 11.6 Å². The number of halogens is 1. The van der Waals surface area contributed by atoms with E-state index in [1.165, 1.54) is 6.08 Å². The summed E-state index contributed by atoms with van der Waals surface area (Å²) in [5, 5.41) is 10.7. The molecule has 1 aromatic carbocycles. The zero-order chi connectivity index (χ0) is 20.4. The lowest BCUT2D eigenvalue weighted by Gasteiger charge is -2.27. The lowest BCUT2D eigenvalue weighted by Crippen LogP contribution is -2.26. The molecule has 1 atom stereocenters. The highest BCUT2D eigenvalue weighted by atomic mass is 35.5. The van der Waals surface area contributed by atoms with Gasteiger partial charge in [0, 0.05) is 10.9 Å². The summed E-state index contributed by atoms with van der Waals surface area (Å²) in [6, 6.07) is 9.56. The van der Waals surface area contributed by atoms with Crippen LogP contribution >= 0.6 is 11.6 Å². The number of pyridine rings is 1. The van der Waals surface area contributed by atoms with Gasteiger partial charge in [0.1, 0.15) is 29.2 Å². The third-order valence-electron chi connectivity index (χ3n) is 4.50. The van der Waals surface area contributed by atoms with Crippen molar-refractivity contribution in [2.75, 3.05) is 6.61 Å². The molecular formula is C21H18ClN3O3. The number of nitrogens with two attached hydrogens (primary N) is 1. The number of carbonyl (C=O) groups excluding carboxylic acids is 1. The van der Waals surface area contributed by atoms with Crippen molar-refractivity contribution >= 4 is 28.5 Å².